The van der Waals surface area contributed by atoms with Crippen LogP contribution in [0.25, 0.3) is 87.6 Å². The third-order valence-electron chi connectivity index (χ3n) is 12.0. The fraction of sp³-hybridized carbons (Fsp3) is 0. The second-order valence-corrected chi connectivity index (χ2v) is 15.4. The molecule has 0 N–H and O–H groups in total. The number of anilines is 3. The SMILES string of the molecule is N#Cc1ccc(N(c2ccc(-c3ccncc3)cc2)c2ccc(-c3ccc4c(-c5cccc6ccccc56)c5ccccc5c(-c5cccc6ccccc56)c4c3)cc2)cc1. The summed E-state index contributed by atoms with van der Waals surface area (Å²) < 4.78 is 0. The molecule has 0 aliphatic carbocycles. The second-order valence-electron chi connectivity index (χ2n) is 15.4. The van der Waals surface area contributed by atoms with Gasteiger partial charge in [-0.1, -0.05) is 146 Å². The van der Waals surface area contributed by atoms with E-state index in [0.717, 1.165) is 39.3 Å². The van der Waals surface area contributed by atoms with Gasteiger partial charge in [-0.25, -0.2) is 0 Å². The number of aromatic nitrogens is 1. The molecule has 11 rings (SSSR count). The van der Waals surface area contributed by atoms with Crippen LogP contribution in [0.1, 0.15) is 5.56 Å². The highest BCUT2D eigenvalue weighted by molar-refractivity contribution is 6.25. The summed E-state index contributed by atoms with van der Waals surface area (Å²) in [5.41, 5.74) is 13.1. The Balaban J connectivity index is 1.09. The van der Waals surface area contributed by atoms with Crippen LogP contribution in [0.2, 0.25) is 0 Å². The average molecular weight is 776 g/mol. The Hall–Kier alpha value is -8.32. The van der Waals surface area contributed by atoms with Gasteiger partial charge in [0.15, 0.2) is 0 Å². The van der Waals surface area contributed by atoms with Crippen molar-refractivity contribution in [2.75, 3.05) is 4.90 Å². The number of fused-ring (bicyclic) bond motifs is 4. The van der Waals surface area contributed by atoms with Crippen molar-refractivity contribution in [2.24, 2.45) is 0 Å². The van der Waals surface area contributed by atoms with E-state index in [9.17, 15) is 5.26 Å². The third kappa shape index (κ3) is 6.35. The molecule has 0 saturated carbocycles. The van der Waals surface area contributed by atoms with Gasteiger partial charge >= 0.3 is 0 Å². The smallest absolute Gasteiger partial charge is 0.0991 e. The third-order valence-corrected chi connectivity index (χ3v) is 12.0. The van der Waals surface area contributed by atoms with Crippen molar-refractivity contribution in [1.29, 1.82) is 5.26 Å². The molecule has 10 aromatic carbocycles. The van der Waals surface area contributed by atoms with E-state index in [-0.39, 0.29) is 0 Å². The molecule has 3 nitrogen and oxygen atoms in total. The van der Waals surface area contributed by atoms with Crippen molar-refractivity contribution in [1.82, 2.24) is 4.98 Å². The lowest BCUT2D eigenvalue weighted by molar-refractivity contribution is 1.28. The Labute approximate surface area is 354 Å². The van der Waals surface area contributed by atoms with Gasteiger partial charge in [-0.2, -0.15) is 5.26 Å². The van der Waals surface area contributed by atoms with Crippen LogP contribution in [0, 0.1) is 11.3 Å². The van der Waals surface area contributed by atoms with Crippen molar-refractivity contribution in [3.05, 3.63) is 230 Å². The molecule has 0 radical (unpaired) electrons. The molecule has 0 atom stereocenters. The molecular formula is C58H37N3. The Morgan fingerprint density at radius 1 is 0.344 bits per heavy atom. The Morgan fingerprint density at radius 3 is 1.30 bits per heavy atom. The summed E-state index contributed by atoms with van der Waals surface area (Å²) in [7, 11) is 0. The lowest BCUT2D eigenvalue weighted by Crippen LogP contribution is -2.09. The van der Waals surface area contributed by atoms with Crippen LogP contribution in [0.15, 0.2) is 225 Å². The summed E-state index contributed by atoms with van der Waals surface area (Å²) in [6.45, 7) is 0. The maximum atomic E-state index is 9.57. The normalized spacial score (nSPS) is 11.3. The van der Waals surface area contributed by atoms with Gasteiger partial charge in [-0.3, -0.25) is 4.98 Å². The van der Waals surface area contributed by atoms with Crippen molar-refractivity contribution in [3.63, 3.8) is 0 Å². The molecule has 3 heteroatoms. The molecule has 1 heterocycles. The van der Waals surface area contributed by atoms with E-state index < -0.39 is 0 Å². The predicted molar refractivity (Wildman–Crippen MR) is 255 cm³/mol. The van der Waals surface area contributed by atoms with Gasteiger partial charge in [0.05, 0.1) is 11.6 Å². The van der Waals surface area contributed by atoms with Crippen molar-refractivity contribution >= 4 is 60.2 Å². The van der Waals surface area contributed by atoms with Gasteiger partial charge in [0.1, 0.15) is 0 Å². The van der Waals surface area contributed by atoms with E-state index in [2.05, 4.69) is 192 Å². The molecule has 61 heavy (non-hydrogen) atoms. The Bertz CT molecular complexity index is 3450. The molecule has 284 valence electrons. The first-order valence-electron chi connectivity index (χ1n) is 20.6. The maximum Gasteiger partial charge on any atom is 0.0991 e. The van der Waals surface area contributed by atoms with E-state index in [0.29, 0.717) is 5.56 Å². The first kappa shape index (κ1) is 35.8. The molecule has 0 aliphatic heterocycles. The molecule has 0 amide bonds. The Morgan fingerprint density at radius 2 is 0.754 bits per heavy atom. The minimum atomic E-state index is 0.627. The maximum absolute atomic E-state index is 9.57. The minimum Gasteiger partial charge on any atom is -0.311 e. The molecule has 11 aromatic rings. The first-order chi connectivity index (χ1) is 30.2. The average Bonchev–Trinajstić information content (AvgIpc) is 3.34. The van der Waals surface area contributed by atoms with E-state index in [1.807, 2.05) is 48.8 Å². The summed E-state index contributed by atoms with van der Waals surface area (Å²) >= 11 is 0. The lowest BCUT2D eigenvalue weighted by Gasteiger charge is -2.26. The standard InChI is InChI=1S/C58H37N3/c59-38-39-19-26-46(27-20-39)61(47-28-21-40(22-29-47)42-33-35-60-36-34-42)48-30-23-41(24-31-48)45-25-32-55-56(37-45)58(52-18-8-12-44-10-2-4-14-50(44)52)54-16-6-5-15-53(54)57(55)51-17-7-11-43-9-1-3-13-49(43)51/h1-37H. The van der Waals surface area contributed by atoms with Crippen LogP contribution < -0.4 is 4.90 Å². The second kappa shape index (κ2) is 15.1. The van der Waals surface area contributed by atoms with Crippen molar-refractivity contribution in [2.45, 2.75) is 0 Å². The largest absolute Gasteiger partial charge is 0.311 e. The van der Waals surface area contributed by atoms with Gasteiger partial charge in [0.2, 0.25) is 0 Å². The predicted octanol–water partition coefficient (Wildman–Crippen LogP) is 15.7. The van der Waals surface area contributed by atoms with Crippen LogP contribution in [-0.4, -0.2) is 4.98 Å². The van der Waals surface area contributed by atoms with E-state index in [1.165, 1.54) is 65.3 Å². The van der Waals surface area contributed by atoms with Gasteiger partial charge in [-0.15, -0.1) is 0 Å². The summed E-state index contributed by atoms with van der Waals surface area (Å²) in [6, 6.07) is 78.2. The number of hydrogen-bond acceptors (Lipinski definition) is 3. The lowest BCUT2D eigenvalue weighted by atomic mass is 9.83. The highest BCUT2D eigenvalue weighted by Gasteiger charge is 2.20. The first-order valence-corrected chi connectivity index (χ1v) is 20.6. The molecule has 1 aromatic heterocycles. The Kier molecular flexibility index (Phi) is 8.88. The van der Waals surface area contributed by atoms with E-state index in [4.69, 9.17) is 0 Å². The van der Waals surface area contributed by atoms with Crippen LogP contribution in [0.4, 0.5) is 17.1 Å². The van der Waals surface area contributed by atoms with Gasteiger partial charge in [-0.05, 0) is 154 Å². The van der Waals surface area contributed by atoms with E-state index in [1.54, 1.807) is 0 Å². The summed E-state index contributed by atoms with van der Waals surface area (Å²) in [6.07, 6.45) is 3.64. The zero-order valence-corrected chi connectivity index (χ0v) is 33.2. The number of nitrogens with zero attached hydrogens (tertiary/aromatic N) is 3. The minimum absolute atomic E-state index is 0.627. The molecule has 0 saturated heterocycles. The highest BCUT2D eigenvalue weighted by Crippen LogP contribution is 2.48. The van der Waals surface area contributed by atoms with Crippen molar-refractivity contribution in [3.8, 4) is 50.6 Å². The topological polar surface area (TPSA) is 39.9 Å². The molecule has 0 aliphatic rings. The number of benzene rings is 10. The number of pyridine rings is 1. The fourth-order valence-corrected chi connectivity index (χ4v) is 9.11. The van der Waals surface area contributed by atoms with Gasteiger partial charge < -0.3 is 4.90 Å². The zero-order chi connectivity index (χ0) is 40.7. The molecule has 0 unspecified atom stereocenters. The van der Waals surface area contributed by atoms with Crippen molar-refractivity contribution < 1.29 is 0 Å². The highest BCUT2D eigenvalue weighted by atomic mass is 15.1. The number of rotatable bonds is 7. The molecule has 0 fully saturated rings. The number of hydrogen-bond donors (Lipinski definition) is 0. The van der Waals surface area contributed by atoms with E-state index >= 15 is 0 Å². The van der Waals surface area contributed by atoms with Crippen LogP contribution in [0.5, 0.6) is 0 Å². The van der Waals surface area contributed by atoms with Gasteiger partial charge in [0.25, 0.3) is 0 Å². The van der Waals surface area contributed by atoms with Crippen LogP contribution >= 0.6 is 0 Å². The van der Waals surface area contributed by atoms with Crippen LogP contribution in [0.3, 0.4) is 0 Å². The quantitative estimate of drug-likeness (QED) is 0.151. The fourth-order valence-electron chi connectivity index (χ4n) is 9.11. The van der Waals surface area contributed by atoms with Crippen LogP contribution in [-0.2, 0) is 0 Å². The van der Waals surface area contributed by atoms with Gasteiger partial charge in [0, 0.05) is 29.5 Å². The monoisotopic (exact) mass is 775 g/mol. The number of nitriles is 1. The molecule has 0 spiro atoms. The molecular weight excluding hydrogens is 739 g/mol. The zero-order valence-electron chi connectivity index (χ0n) is 33.2. The summed E-state index contributed by atoms with van der Waals surface area (Å²) in [5, 5.41) is 19.4. The summed E-state index contributed by atoms with van der Waals surface area (Å²) in [5.74, 6) is 0. The molecule has 0 bridgehead atoms. The summed E-state index contributed by atoms with van der Waals surface area (Å²) in [4.78, 5) is 6.43.